The van der Waals surface area contributed by atoms with Crippen LogP contribution >= 0.6 is 0 Å². The molecule has 0 radical (unpaired) electrons. The maximum atomic E-state index is 12.9. The number of carbonyl (C=O) groups is 1. The number of aliphatic hydroxyl groups is 13. The van der Waals surface area contributed by atoms with E-state index in [9.17, 15) is 71.2 Å². The molecule has 0 aromatic carbocycles. The molecule has 0 unspecified atom stereocenters. The second-order valence-electron chi connectivity index (χ2n) is 15.3. The first-order valence-electron chi connectivity index (χ1n) is 19.4. The SMILES string of the molecule is C=CCO[C@@H]1O[C@H](CO)[C@H](O)[C@H](O[C@@H]2O[C@H](CO)[C@@H](O[C@@H]3O[C@H](CO)[C@H](O)[C@H](O)[C@H]3O[C@@H]3O[C@@H](C)[C@@H](O)[C@@H](O)[C@@H]3O)[C@H](O[C@@H]3O[C@@H](C)[C@@H](O)[C@@H](O)[C@@H]3O)[C@H]2NC(C)=O)[C@H]1O. The quantitative estimate of drug-likeness (QED) is 0.0679. The predicted molar refractivity (Wildman–Crippen MR) is 189 cm³/mol. The van der Waals surface area contributed by atoms with E-state index in [-0.39, 0.29) is 6.61 Å². The van der Waals surface area contributed by atoms with Gasteiger partial charge in [-0.2, -0.15) is 0 Å². The molecule has 5 aliphatic rings. The summed E-state index contributed by atoms with van der Waals surface area (Å²) in [6.07, 6.45) is -40.0. The van der Waals surface area contributed by atoms with Gasteiger partial charge in [0.25, 0.3) is 0 Å². The van der Waals surface area contributed by atoms with Gasteiger partial charge >= 0.3 is 0 Å². The minimum absolute atomic E-state index is 0.147. The maximum Gasteiger partial charge on any atom is 0.217 e. The molecule has 0 bridgehead atoms. The number of nitrogens with one attached hydrogen (secondary N) is 1. The number of rotatable bonds is 15. The monoisotopic (exact) mass is 877 g/mol. The zero-order valence-electron chi connectivity index (χ0n) is 32.9. The van der Waals surface area contributed by atoms with E-state index in [1.165, 1.54) is 19.9 Å². The number of ether oxygens (including phenoxy) is 10. The zero-order chi connectivity index (χ0) is 44.3. The molecule has 348 valence electrons. The lowest BCUT2D eigenvalue weighted by Gasteiger charge is -2.52. The van der Waals surface area contributed by atoms with Crippen molar-refractivity contribution in [3.63, 3.8) is 0 Å². The molecule has 5 aliphatic heterocycles. The lowest BCUT2D eigenvalue weighted by molar-refractivity contribution is -0.398. The summed E-state index contributed by atoms with van der Waals surface area (Å²) in [5.41, 5.74) is 0. The average molecular weight is 878 g/mol. The van der Waals surface area contributed by atoms with E-state index in [4.69, 9.17) is 47.4 Å². The van der Waals surface area contributed by atoms with E-state index in [0.29, 0.717) is 0 Å². The molecule has 25 nitrogen and oxygen atoms in total. The average Bonchev–Trinajstić information content (AvgIpc) is 3.22. The van der Waals surface area contributed by atoms with Gasteiger partial charge in [-0.15, -0.1) is 6.58 Å². The van der Waals surface area contributed by atoms with Crippen molar-refractivity contribution >= 4 is 5.91 Å². The van der Waals surface area contributed by atoms with Crippen LogP contribution in [0, 0.1) is 0 Å². The Kier molecular flexibility index (Phi) is 17.5. The Morgan fingerprint density at radius 3 is 1.50 bits per heavy atom. The van der Waals surface area contributed by atoms with Crippen molar-refractivity contribution in [3.05, 3.63) is 12.7 Å². The van der Waals surface area contributed by atoms with E-state index in [1.54, 1.807) is 0 Å². The van der Waals surface area contributed by atoms with Crippen LogP contribution in [0.3, 0.4) is 0 Å². The molecule has 5 heterocycles. The van der Waals surface area contributed by atoms with Crippen LogP contribution in [0.5, 0.6) is 0 Å². The molecule has 60 heavy (non-hydrogen) atoms. The third-order valence-electron chi connectivity index (χ3n) is 11.0. The summed E-state index contributed by atoms with van der Waals surface area (Å²) < 4.78 is 58.4. The Labute approximate surface area is 343 Å². The molecule has 0 spiro atoms. The molecule has 5 saturated heterocycles. The van der Waals surface area contributed by atoms with Gasteiger partial charge in [-0.3, -0.25) is 4.79 Å². The topological polar surface area (TPSA) is 384 Å². The first kappa shape index (κ1) is 49.3. The summed E-state index contributed by atoms with van der Waals surface area (Å²) >= 11 is 0. The Hall–Kier alpha value is -1.71. The van der Waals surface area contributed by atoms with Crippen molar-refractivity contribution in [1.29, 1.82) is 0 Å². The maximum absolute atomic E-state index is 12.9. The van der Waals surface area contributed by atoms with Crippen molar-refractivity contribution in [1.82, 2.24) is 5.32 Å². The highest BCUT2D eigenvalue weighted by Crippen LogP contribution is 2.37. The highest BCUT2D eigenvalue weighted by Gasteiger charge is 2.58. The fourth-order valence-corrected chi connectivity index (χ4v) is 7.58. The summed E-state index contributed by atoms with van der Waals surface area (Å²) in [4.78, 5) is 12.9. The van der Waals surface area contributed by atoms with E-state index in [1.807, 2.05) is 0 Å². The molecule has 0 aromatic rings. The van der Waals surface area contributed by atoms with Crippen LogP contribution in [-0.4, -0.2) is 252 Å². The van der Waals surface area contributed by atoms with Crippen LogP contribution in [0.4, 0.5) is 0 Å². The Bertz CT molecular complexity index is 1370. The van der Waals surface area contributed by atoms with E-state index < -0.39 is 179 Å². The molecule has 25 heteroatoms. The Balaban J connectivity index is 1.55. The third-order valence-corrected chi connectivity index (χ3v) is 11.0. The van der Waals surface area contributed by atoms with Gasteiger partial charge < -0.3 is 119 Å². The van der Waals surface area contributed by atoms with E-state index in [0.717, 1.165) is 6.92 Å². The molecule has 1 amide bonds. The van der Waals surface area contributed by atoms with Gasteiger partial charge in [0.05, 0.1) is 38.6 Å². The van der Waals surface area contributed by atoms with Crippen LogP contribution < -0.4 is 5.32 Å². The summed E-state index contributed by atoms with van der Waals surface area (Å²) in [5, 5.41) is 141. The van der Waals surface area contributed by atoms with Gasteiger partial charge in [0.15, 0.2) is 31.5 Å². The molecule has 0 aromatic heterocycles. The van der Waals surface area contributed by atoms with Gasteiger partial charge in [0.1, 0.15) is 110 Å². The number of amides is 1. The lowest BCUT2D eigenvalue weighted by atomic mass is 9.93. The second kappa shape index (κ2) is 21.3. The number of aliphatic hydroxyl groups excluding tert-OH is 13. The van der Waals surface area contributed by atoms with Crippen LogP contribution in [-0.2, 0) is 52.2 Å². The van der Waals surface area contributed by atoms with Crippen molar-refractivity contribution < 1.29 is 119 Å². The smallest absolute Gasteiger partial charge is 0.217 e. The summed E-state index contributed by atoms with van der Waals surface area (Å²) in [7, 11) is 0. The molecule has 25 atom stereocenters. The van der Waals surface area contributed by atoms with Crippen LogP contribution in [0.1, 0.15) is 20.8 Å². The molecular weight excluding hydrogens is 818 g/mol. The molecule has 0 aliphatic carbocycles. The molecule has 5 fully saturated rings. The molecular formula is C35H59NO24. The minimum Gasteiger partial charge on any atom is -0.394 e. The molecule has 14 N–H and O–H groups in total. The van der Waals surface area contributed by atoms with Gasteiger partial charge in [-0.05, 0) is 13.8 Å². The predicted octanol–water partition coefficient (Wildman–Crippen LogP) is -8.52. The highest BCUT2D eigenvalue weighted by molar-refractivity contribution is 5.73. The summed E-state index contributed by atoms with van der Waals surface area (Å²) in [5.74, 6) is -0.790. The fourth-order valence-electron chi connectivity index (χ4n) is 7.58. The second-order valence-corrected chi connectivity index (χ2v) is 15.3. The van der Waals surface area contributed by atoms with E-state index in [2.05, 4.69) is 11.9 Å². The molecule has 0 saturated carbocycles. The fraction of sp³-hybridized carbons (Fsp3) is 0.914. The Morgan fingerprint density at radius 1 is 0.517 bits per heavy atom. The largest absolute Gasteiger partial charge is 0.394 e. The minimum atomic E-state index is -2.01. The van der Waals surface area contributed by atoms with Crippen molar-refractivity contribution in [2.75, 3.05) is 26.4 Å². The summed E-state index contributed by atoms with van der Waals surface area (Å²) in [6.45, 7) is 4.44. The van der Waals surface area contributed by atoms with Gasteiger partial charge in [0.2, 0.25) is 5.91 Å². The van der Waals surface area contributed by atoms with Crippen LogP contribution in [0.2, 0.25) is 0 Å². The summed E-state index contributed by atoms with van der Waals surface area (Å²) in [6, 6.07) is -1.68. The Morgan fingerprint density at radius 2 is 0.983 bits per heavy atom. The number of hydrogen-bond acceptors (Lipinski definition) is 24. The van der Waals surface area contributed by atoms with Gasteiger partial charge in [0, 0.05) is 6.92 Å². The molecule has 5 rings (SSSR count). The highest BCUT2D eigenvalue weighted by atomic mass is 16.8. The van der Waals surface area contributed by atoms with Crippen molar-refractivity contribution in [2.24, 2.45) is 0 Å². The lowest BCUT2D eigenvalue weighted by Crippen LogP contribution is -2.71. The van der Waals surface area contributed by atoms with Gasteiger partial charge in [-0.25, -0.2) is 0 Å². The first-order chi connectivity index (χ1) is 28.4. The van der Waals surface area contributed by atoms with Crippen molar-refractivity contribution in [2.45, 2.75) is 174 Å². The van der Waals surface area contributed by atoms with E-state index >= 15 is 0 Å². The standard InChI is InChI=1S/C35H59NO24/c1-5-6-51-32-26(50)29(20(44)14(8-38)54-32)59-31-16(36-12(4)40)28(58-33-24(48)21(45)17(41)10(2)52-33)27(15(9-39)56-31)57-35-30(23(47)19(43)13(7-37)55-35)60-34-25(49)22(46)18(42)11(3)53-34/h5,10-11,13-35,37-39,41-50H,1,6-9H2,2-4H3,(H,36,40)/t10-,11-,13+,14+,15+,16+,17+,18+,19-,20-,21+,22+,23-,24-,25-,26+,27+,28+,29-,30+,31-,32+,33-,34-,35-/m0/s1. The number of carbonyl (C=O) groups excluding carboxylic acids is 1. The number of hydrogen-bond donors (Lipinski definition) is 14. The zero-order valence-corrected chi connectivity index (χ0v) is 32.9. The first-order valence-corrected chi connectivity index (χ1v) is 19.4. The van der Waals surface area contributed by atoms with Crippen LogP contribution in [0.15, 0.2) is 12.7 Å². The van der Waals surface area contributed by atoms with Crippen molar-refractivity contribution in [3.8, 4) is 0 Å². The van der Waals surface area contributed by atoms with Crippen LogP contribution in [0.25, 0.3) is 0 Å². The third kappa shape index (κ3) is 10.5. The van der Waals surface area contributed by atoms with Gasteiger partial charge in [-0.1, -0.05) is 6.08 Å². The normalized spacial score (nSPS) is 50.2.